The maximum atomic E-state index is 12.8. The normalized spacial score (nSPS) is 15.3. The zero-order valence-corrected chi connectivity index (χ0v) is 17.1. The molecule has 1 aliphatic rings. The van der Waals surface area contributed by atoms with Gasteiger partial charge in [0, 0.05) is 11.6 Å². The van der Waals surface area contributed by atoms with Gasteiger partial charge in [0.1, 0.15) is 10.8 Å². The molecule has 3 aromatic rings. The highest BCUT2D eigenvalue weighted by atomic mass is 32.2. The van der Waals surface area contributed by atoms with Crippen LogP contribution in [0.1, 0.15) is 43.8 Å². The number of hydrogen-bond acceptors (Lipinski definition) is 6. The van der Waals surface area contributed by atoms with E-state index in [0.717, 1.165) is 48.9 Å². The number of hydrogen-bond donors (Lipinski definition) is 0. The third kappa shape index (κ3) is 4.43. The van der Waals surface area contributed by atoms with Crippen LogP contribution in [0.5, 0.6) is 5.75 Å². The highest BCUT2D eigenvalue weighted by Crippen LogP contribution is 2.37. The lowest BCUT2D eigenvalue weighted by Gasteiger charge is -2.25. The molecule has 30 heavy (non-hydrogen) atoms. The molecule has 0 atom stereocenters. The van der Waals surface area contributed by atoms with Gasteiger partial charge in [0.25, 0.3) is 0 Å². The van der Waals surface area contributed by atoms with Crippen LogP contribution in [0, 0.1) is 0 Å². The SMILES string of the molecule is COc1ccc(-c2nnc(Sc3ccc(C(F)(F)F)nn3)n2C2CCCCC2)cc1. The lowest BCUT2D eigenvalue weighted by Crippen LogP contribution is -2.15. The highest BCUT2D eigenvalue weighted by molar-refractivity contribution is 7.99. The summed E-state index contributed by atoms with van der Waals surface area (Å²) in [5.74, 6) is 1.48. The number of ether oxygens (including phenoxy) is 1. The van der Waals surface area contributed by atoms with E-state index < -0.39 is 11.9 Å². The molecule has 6 nitrogen and oxygen atoms in total. The van der Waals surface area contributed by atoms with Crippen LogP contribution in [0.3, 0.4) is 0 Å². The molecular formula is C20H20F3N5OS. The minimum atomic E-state index is -4.51. The van der Waals surface area contributed by atoms with Gasteiger partial charge in [0.15, 0.2) is 16.7 Å². The van der Waals surface area contributed by atoms with Crippen LogP contribution in [-0.2, 0) is 6.18 Å². The molecule has 2 heterocycles. The van der Waals surface area contributed by atoms with Crippen molar-refractivity contribution in [3.63, 3.8) is 0 Å². The quantitative estimate of drug-likeness (QED) is 0.533. The van der Waals surface area contributed by atoms with Crippen molar-refractivity contribution in [2.45, 2.75) is 54.5 Å². The van der Waals surface area contributed by atoms with Crippen molar-refractivity contribution in [3.8, 4) is 17.1 Å². The van der Waals surface area contributed by atoms with Gasteiger partial charge in [-0.2, -0.15) is 13.2 Å². The van der Waals surface area contributed by atoms with Crippen molar-refractivity contribution >= 4 is 11.8 Å². The Hall–Kier alpha value is -2.62. The van der Waals surface area contributed by atoms with Gasteiger partial charge in [-0.3, -0.25) is 4.57 Å². The molecule has 0 bridgehead atoms. The number of methoxy groups -OCH3 is 1. The average Bonchev–Trinajstić information content (AvgIpc) is 3.17. The van der Waals surface area contributed by atoms with E-state index in [4.69, 9.17) is 4.74 Å². The van der Waals surface area contributed by atoms with Gasteiger partial charge in [0.2, 0.25) is 0 Å². The van der Waals surface area contributed by atoms with Crippen LogP contribution in [0.25, 0.3) is 11.4 Å². The molecule has 158 valence electrons. The predicted molar refractivity (Wildman–Crippen MR) is 105 cm³/mol. The lowest BCUT2D eigenvalue weighted by molar-refractivity contribution is -0.141. The first-order valence-corrected chi connectivity index (χ1v) is 10.5. The van der Waals surface area contributed by atoms with Gasteiger partial charge in [-0.05, 0) is 61.0 Å². The molecule has 0 radical (unpaired) electrons. The molecule has 0 unspecified atom stereocenters. The van der Waals surface area contributed by atoms with Crippen molar-refractivity contribution < 1.29 is 17.9 Å². The van der Waals surface area contributed by atoms with Crippen LogP contribution in [-0.4, -0.2) is 32.1 Å². The fourth-order valence-electron chi connectivity index (χ4n) is 3.57. The Balaban J connectivity index is 1.67. The van der Waals surface area contributed by atoms with Crippen molar-refractivity contribution in [1.29, 1.82) is 0 Å². The summed E-state index contributed by atoms with van der Waals surface area (Å²) in [5.41, 5.74) is -0.112. The summed E-state index contributed by atoms with van der Waals surface area (Å²) >= 11 is 1.17. The molecule has 2 aromatic heterocycles. The van der Waals surface area contributed by atoms with E-state index in [0.29, 0.717) is 10.2 Å². The molecule has 0 amide bonds. The third-order valence-corrected chi connectivity index (χ3v) is 5.97. The average molecular weight is 435 g/mol. The Kier molecular flexibility index (Phi) is 5.94. The number of aromatic nitrogens is 5. The summed E-state index contributed by atoms with van der Waals surface area (Å²) in [5, 5.41) is 16.7. The maximum Gasteiger partial charge on any atom is 0.435 e. The molecule has 1 aromatic carbocycles. The summed E-state index contributed by atoms with van der Waals surface area (Å²) in [6.45, 7) is 0. The summed E-state index contributed by atoms with van der Waals surface area (Å²) in [6, 6.07) is 10.1. The Morgan fingerprint density at radius 1 is 0.933 bits per heavy atom. The minimum Gasteiger partial charge on any atom is -0.497 e. The zero-order valence-electron chi connectivity index (χ0n) is 16.3. The molecule has 10 heteroatoms. The second-order valence-electron chi connectivity index (χ2n) is 7.05. The second-order valence-corrected chi connectivity index (χ2v) is 8.04. The first kappa shape index (κ1) is 20.6. The smallest absolute Gasteiger partial charge is 0.435 e. The molecule has 1 fully saturated rings. The molecule has 4 rings (SSSR count). The standard InChI is InChI=1S/C20H20F3N5OS/c1-29-15-9-7-13(8-10-15)18-26-27-19(28(18)14-5-3-2-4-6-14)30-17-12-11-16(24-25-17)20(21,22)23/h7-12,14H,2-6H2,1H3. The fraction of sp³-hybridized carbons (Fsp3) is 0.400. The number of halogens is 3. The van der Waals surface area contributed by atoms with Crippen LogP contribution < -0.4 is 4.74 Å². The Morgan fingerprint density at radius 3 is 2.27 bits per heavy atom. The van der Waals surface area contributed by atoms with Gasteiger partial charge in [0.05, 0.1) is 7.11 Å². The zero-order chi connectivity index (χ0) is 21.1. The number of nitrogens with zero attached hydrogens (tertiary/aromatic N) is 5. The van der Waals surface area contributed by atoms with Gasteiger partial charge >= 0.3 is 6.18 Å². The van der Waals surface area contributed by atoms with Gasteiger partial charge in [-0.1, -0.05) is 19.3 Å². The molecule has 0 N–H and O–H groups in total. The lowest BCUT2D eigenvalue weighted by atomic mass is 9.95. The van der Waals surface area contributed by atoms with E-state index in [1.807, 2.05) is 24.3 Å². The molecule has 0 saturated heterocycles. The maximum absolute atomic E-state index is 12.8. The van der Waals surface area contributed by atoms with Crippen molar-refractivity contribution in [2.75, 3.05) is 7.11 Å². The Labute approximate surface area is 175 Å². The van der Waals surface area contributed by atoms with E-state index in [1.54, 1.807) is 7.11 Å². The summed E-state index contributed by atoms with van der Waals surface area (Å²) < 4.78 is 45.6. The minimum absolute atomic E-state index is 0.232. The predicted octanol–water partition coefficient (Wildman–Crippen LogP) is 5.42. The Bertz CT molecular complexity index is 983. The van der Waals surface area contributed by atoms with E-state index in [9.17, 15) is 13.2 Å². The van der Waals surface area contributed by atoms with E-state index in [2.05, 4.69) is 25.0 Å². The van der Waals surface area contributed by atoms with Gasteiger partial charge in [-0.25, -0.2) is 0 Å². The fourth-order valence-corrected chi connectivity index (χ4v) is 4.39. The number of alkyl halides is 3. The van der Waals surface area contributed by atoms with Crippen LogP contribution in [0.15, 0.2) is 46.6 Å². The third-order valence-electron chi connectivity index (χ3n) is 5.08. The summed E-state index contributed by atoms with van der Waals surface area (Å²) in [6.07, 6.45) is 0.939. The summed E-state index contributed by atoms with van der Waals surface area (Å²) in [4.78, 5) is 0. The largest absolute Gasteiger partial charge is 0.497 e. The van der Waals surface area contributed by atoms with Crippen molar-refractivity contribution in [1.82, 2.24) is 25.0 Å². The topological polar surface area (TPSA) is 65.7 Å². The van der Waals surface area contributed by atoms with E-state index in [1.165, 1.54) is 24.2 Å². The van der Waals surface area contributed by atoms with Gasteiger partial charge in [-0.15, -0.1) is 20.4 Å². The van der Waals surface area contributed by atoms with Gasteiger partial charge < -0.3 is 4.74 Å². The van der Waals surface area contributed by atoms with E-state index >= 15 is 0 Å². The monoisotopic (exact) mass is 435 g/mol. The highest BCUT2D eigenvalue weighted by Gasteiger charge is 2.33. The number of rotatable bonds is 5. The van der Waals surface area contributed by atoms with E-state index in [-0.39, 0.29) is 6.04 Å². The summed E-state index contributed by atoms with van der Waals surface area (Å²) in [7, 11) is 1.61. The van der Waals surface area contributed by atoms with Crippen molar-refractivity contribution in [3.05, 3.63) is 42.1 Å². The number of benzene rings is 1. The van der Waals surface area contributed by atoms with Crippen LogP contribution in [0.4, 0.5) is 13.2 Å². The van der Waals surface area contributed by atoms with Crippen LogP contribution in [0.2, 0.25) is 0 Å². The second kappa shape index (κ2) is 8.63. The Morgan fingerprint density at radius 2 is 1.67 bits per heavy atom. The van der Waals surface area contributed by atoms with Crippen LogP contribution >= 0.6 is 11.8 Å². The molecule has 0 spiro atoms. The molecule has 0 aliphatic heterocycles. The van der Waals surface area contributed by atoms with Crippen molar-refractivity contribution in [2.24, 2.45) is 0 Å². The molecule has 1 saturated carbocycles. The molecule has 1 aliphatic carbocycles. The molecular weight excluding hydrogens is 415 g/mol. The first-order valence-electron chi connectivity index (χ1n) is 9.64. The first-order chi connectivity index (χ1) is 14.5.